The lowest BCUT2D eigenvalue weighted by atomic mass is 10.2. The topological polar surface area (TPSA) is 82.3 Å². The average Bonchev–Trinajstić information content (AvgIpc) is 2.95. The zero-order valence-corrected chi connectivity index (χ0v) is 14.2. The Morgan fingerprint density at radius 1 is 1.46 bits per heavy atom. The fraction of sp³-hybridized carbons (Fsp3) is 0.529. The lowest BCUT2D eigenvalue weighted by molar-refractivity contribution is -0.0288. The summed E-state index contributed by atoms with van der Waals surface area (Å²) in [6.45, 7) is 8.49. The van der Waals surface area contributed by atoms with Crippen molar-refractivity contribution < 1.29 is 9.53 Å². The number of nitrogens with zero attached hydrogens (tertiary/aromatic N) is 2. The molecule has 0 aliphatic carbocycles. The first-order valence-corrected chi connectivity index (χ1v) is 8.43. The van der Waals surface area contributed by atoms with E-state index in [1.165, 1.54) is 0 Å². The number of hydrogen-bond donors (Lipinski definition) is 3. The summed E-state index contributed by atoms with van der Waals surface area (Å²) in [5, 5.41) is 5.59. The smallest absolute Gasteiger partial charge is 0.321 e. The van der Waals surface area contributed by atoms with Crippen LogP contribution >= 0.6 is 0 Å². The van der Waals surface area contributed by atoms with Crippen LogP contribution in [0.1, 0.15) is 13.8 Å². The van der Waals surface area contributed by atoms with Gasteiger partial charge in [0, 0.05) is 26.2 Å². The molecule has 0 bridgehead atoms. The number of amides is 2. The van der Waals surface area contributed by atoms with E-state index in [-0.39, 0.29) is 12.1 Å². The standard InChI is InChI=1S/C17H25N5O2/c1-12(2)10-22-7-8-24-13(11-22)9-18-17(23)21-16-19-14-5-3-4-6-15(14)20-16/h3-6,12-13H,7-11H2,1-2H3,(H3,18,19,20,21,23)/t13-/m1/s1. The third kappa shape index (κ3) is 4.46. The van der Waals surface area contributed by atoms with Crippen molar-refractivity contribution in [2.24, 2.45) is 5.92 Å². The minimum absolute atomic E-state index is 0.0268. The van der Waals surface area contributed by atoms with E-state index in [4.69, 9.17) is 4.74 Å². The Balaban J connectivity index is 1.46. The molecular weight excluding hydrogens is 306 g/mol. The summed E-state index contributed by atoms with van der Waals surface area (Å²) in [6.07, 6.45) is 0.0268. The minimum Gasteiger partial charge on any atom is -0.374 e. The third-order valence-corrected chi connectivity index (χ3v) is 3.96. The number of para-hydroxylation sites is 2. The SMILES string of the molecule is CC(C)CN1CCO[C@H](CNC(=O)Nc2nc3ccccc3[nH]2)C1. The number of rotatable bonds is 5. The van der Waals surface area contributed by atoms with Crippen molar-refractivity contribution in [3.8, 4) is 0 Å². The summed E-state index contributed by atoms with van der Waals surface area (Å²) >= 11 is 0. The molecule has 1 atom stereocenters. The minimum atomic E-state index is -0.279. The number of ether oxygens (including phenoxy) is 1. The van der Waals surface area contributed by atoms with Crippen LogP contribution in [-0.4, -0.2) is 59.8 Å². The van der Waals surface area contributed by atoms with Crippen molar-refractivity contribution in [1.82, 2.24) is 20.2 Å². The molecule has 130 valence electrons. The number of H-pyrrole nitrogens is 1. The van der Waals surface area contributed by atoms with E-state index < -0.39 is 0 Å². The van der Waals surface area contributed by atoms with Crippen LogP contribution in [0.2, 0.25) is 0 Å². The first-order valence-electron chi connectivity index (χ1n) is 8.43. The second-order valence-electron chi connectivity index (χ2n) is 6.58. The van der Waals surface area contributed by atoms with Crippen molar-refractivity contribution in [2.75, 3.05) is 38.1 Å². The maximum absolute atomic E-state index is 12.0. The van der Waals surface area contributed by atoms with Crippen LogP contribution in [0.4, 0.5) is 10.7 Å². The maximum atomic E-state index is 12.0. The summed E-state index contributed by atoms with van der Waals surface area (Å²) < 4.78 is 5.73. The van der Waals surface area contributed by atoms with Crippen molar-refractivity contribution >= 4 is 23.0 Å². The molecule has 0 radical (unpaired) electrons. The molecule has 1 aliphatic rings. The van der Waals surface area contributed by atoms with E-state index in [1.54, 1.807) is 0 Å². The van der Waals surface area contributed by atoms with Gasteiger partial charge < -0.3 is 15.0 Å². The summed E-state index contributed by atoms with van der Waals surface area (Å²) in [6, 6.07) is 7.38. The van der Waals surface area contributed by atoms with Crippen molar-refractivity contribution in [3.63, 3.8) is 0 Å². The third-order valence-electron chi connectivity index (χ3n) is 3.96. The molecule has 0 saturated carbocycles. The number of morpholine rings is 1. The van der Waals surface area contributed by atoms with Crippen molar-refractivity contribution in [1.29, 1.82) is 0 Å². The number of nitrogens with one attached hydrogen (secondary N) is 3. The number of hydrogen-bond acceptors (Lipinski definition) is 4. The molecule has 3 rings (SSSR count). The molecule has 1 saturated heterocycles. The largest absolute Gasteiger partial charge is 0.374 e. The molecule has 7 nitrogen and oxygen atoms in total. The highest BCUT2D eigenvalue weighted by molar-refractivity contribution is 5.89. The molecule has 0 unspecified atom stereocenters. The highest BCUT2D eigenvalue weighted by Crippen LogP contribution is 2.13. The van der Waals surface area contributed by atoms with Gasteiger partial charge in [0.2, 0.25) is 5.95 Å². The number of aromatic nitrogens is 2. The van der Waals surface area contributed by atoms with Gasteiger partial charge in [-0.1, -0.05) is 26.0 Å². The lowest BCUT2D eigenvalue weighted by Gasteiger charge is -2.33. The zero-order chi connectivity index (χ0) is 16.9. The van der Waals surface area contributed by atoms with E-state index in [2.05, 4.69) is 39.3 Å². The number of aromatic amines is 1. The molecule has 1 aliphatic heterocycles. The van der Waals surface area contributed by atoms with Crippen LogP contribution in [0, 0.1) is 5.92 Å². The predicted octanol–water partition coefficient (Wildman–Crippen LogP) is 2.04. The maximum Gasteiger partial charge on any atom is 0.321 e. The Morgan fingerprint density at radius 3 is 3.08 bits per heavy atom. The Bertz CT molecular complexity index is 651. The van der Waals surface area contributed by atoms with E-state index >= 15 is 0 Å². The summed E-state index contributed by atoms with van der Waals surface area (Å²) in [7, 11) is 0. The molecule has 7 heteroatoms. The number of imidazole rings is 1. The highest BCUT2D eigenvalue weighted by Gasteiger charge is 2.21. The van der Waals surface area contributed by atoms with E-state index in [0.717, 1.165) is 30.7 Å². The monoisotopic (exact) mass is 331 g/mol. The molecule has 1 aromatic heterocycles. The second-order valence-corrected chi connectivity index (χ2v) is 6.58. The quantitative estimate of drug-likeness (QED) is 0.783. The molecule has 2 heterocycles. The van der Waals surface area contributed by atoms with Gasteiger partial charge in [-0.2, -0.15) is 0 Å². The normalized spacial score (nSPS) is 18.9. The Morgan fingerprint density at radius 2 is 2.29 bits per heavy atom. The Kier molecular flexibility index (Phi) is 5.32. The number of urea groups is 1. The van der Waals surface area contributed by atoms with Gasteiger partial charge in [-0.05, 0) is 18.1 Å². The van der Waals surface area contributed by atoms with Crippen molar-refractivity contribution in [2.45, 2.75) is 20.0 Å². The average molecular weight is 331 g/mol. The van der Waals surface area contributed by atoms with Crippen molar-refractivity contribution in [3.05, 3.63) is 24.3 Å². The predicted molar refractivity (Wildman–Crippen MR) is 94.1 cm³/mol. The van der Waals surface area contributed by atoms with Crippen LogP contribution in [0.3, 0.4) is 0 Å². The van der Waals surface area contributed by atoms with Gasteiger partial charge >= 0.3 is 6.03 Å². The Hall–Kier alpha value is -2.12. The summed E-state index contributed by atoms with van der Waals surface area (Å²) in [5.41, 5.74) is 1.72. The number of fused-ring (bicyclic) bond motifs is 1. The van der Waals surface area contributed by atoms with Gasteiger partial charge in [0.25, 0.3) is 0 Å². The summed E-state index contributed by atoms with van der Waals surface area (Å²) in [5.74, 6) is 1.08. The van der Waals surface area contributed by atoms with Crippen LogP contribution in [0.15, 0.2) is 24.3 Å². The van der Waals surface area contributed by atoms with E-state index in [0.29, 0.717) is 25.0 Å². The number of carbonyl (C=O) groups excluding carboxylic acids is 1. The molecule has 24 heavy (non-hydrogen) atoms. The second kappa shape index (κ2) is 7.63. The molecule has 2 amide bonds. The van der Waals surface area contributed by atoms with Crippen LogP contribution in [0.25, 0.3) is 11.0 Å². The molecule has 0 spiro atoms. The first kappa shape index (κ1) is 16.7. The molecule has 2 aromatic rings. The van der Waals surface area contributed by atoms with Gasteiger partial charge in [-0.15, -0.1) is 0 Å². The molecule has 3 N–H and O–H groups in total. The van der Waals surface area contributed by atoms with Crippen LogP contribution < -0.4 is 10.6 Å². The number of benzene rings is 1. The Labute approximate surface area is 141 Å². The van der Waals surface area contributed by atoms with Gasteiger partial charge in [-0.25, -0.2) is 9.78 Å². The fourth-order valence-corrected chi connectivity index (χ4v) is 2.96. The molecule has 1 fully saturated rings. The van der Waals surface area contributed by atoms with Gasteiger partial charge in [-0.3, -0.25) is 10.2 Å². The van der Waals surface area contributed by atoms with Crippen LogP contribution in [-0.2, 0) is 4.74 Å². The number of carbonyl (C=O) groups is 1. The van der Waals surface area contributed by atoms with Gasteiger partial charge in [0.05, 0.1) is 23.7 Å². The highest BCUT2D eigenvalue weighted by atomic mass is 16.5. The lowest BCUT2D eigenvalue weighted by Crippen LogP contribution is -2.48. The van der Waals surface area contributed by atoms with E-state index in [1.807, 2.05) is 24.3 Å². The van der Waals surface area contributed by atoms with Crippen LogP contribution in [0.5, 0.6) is 0 Å². The fourth-order valence-electron chi connectivity index (χ4n) is 2.96. The molecular formula is C17H25N5O2. The van der Waals surface area contributed by atoms with E-state index in [9.17, 15) is 4.79 Å². The zero-order valence-electron chi connectivity index (χ0n) is 14.2. The van der Waals surface area contributed by atoms with Gasteiger partial charge in [0.1, 0.15) is 0 Å². The summed E-state index contributed by atoms with van der Waals surface area (Å²) in [4.78, 5) is 21.8. The number of anilines is 1. The molecule has 1 aromatic carbocycles. The first-order chi connectivity index (χ1) is 11.6. The van der Waals surface area contributed by atoms with Gasteiger partial charge in [0.15, 0.2) is 0 Å².